The molecule has 3 heterocycles. The molecule has 5 rings (SSSR count). The summed E-state index contributed by atoms with van der Waals surface area (Å²) in [7, 11) is 0. The molecule has 0 radical (unpaired) electrons. The highest BCUT2D eigenvalue weighted by Crippen LogP contribution is 2.34. The van der Waals surface area contributed by atoms with Crippen LogP contribution in [0.2, 0.25) is 0 Å². The number of H-pyrrole nitrogens is 1. The van der Waals surface area contributed by atoms with Crippen LogP contribution in [0, 0.1) is 5.82 Å². The summed E-state index contributed by atoms with van der Waals surface area (Å²) in [6.45, 7) is 0.444. The second-order valence-electron chi connectivity index (χ2n) is 7.42. The minimum Gasteiger partial charge on any atom is -0.360 e. The van der Waals surface area contributed by atoms with Gasteiger partial charge in [0.15, 0.2) is 0 Å². The van der Waals surface area contributed by atoms with Crippen molar-refractivity contribution in [2.75, 3.05) is 19.6 Å². The third kappa shape index (κ3) is 2.73. The topological polar surface area (TPSA) is 73.5 Å². The van der Waals surface area contributed by atoms with Gasteiger partial charge in [-0.2, -0.15) is 0 Å². The van der Waals surface area contributed by atoms with E-state index in [1.807, 2.05) is 12.1 Å². The summed E-state index contributed by atoms with van der Waals surface area (Å²) in [5.74, 6) is -1.89. The first-order chi connectivity index (χ1) is 14.0. The number of nitrogens with one attached hydrogen (secondary N) is 1. The molecular formula is C22H18FN3O3. The minimum absolute atomic E-state index is 0.145. The lowest BCUT2D eigenvalue weighted by Crippen LogP contribution is -2.56. The van der Waals surface area contributed by atoms with Crippen LogP contribution in [0.1, 0.15) is 27.5 Å². The van der Waals surface area contributed by atoms with Crippen molar-refractivity contribution in [3.8, 4) is 0 Å². The van der Waals surface area contributed by atoms with Gasteiger partial charge in [0.05, 0.1) is 11.6 Å². The van der Waals surface area contributed by atoms with Gasteiger partial charge in [-0.05, 0) is 29.7 Å². The Hall–Kier alpha value is -3.48. The fourth-order valence-corrected chi connectivity index (χ4v) is 4.40. The van der Waals surface area contributed by atoms with Crippen LogP contribution in [0.25, 0.3) is 10.9 Å². The van der Waals surface area contributed by atoms with E-state index in [4.69, 9.17) is 0 Å². The number of piperazine rings is 1. The number of amides is 2. The number of ketones is 1. The molecule has 29 heavy (non-hydrogen) atoms. The number of carbonyl (C=O) groups excluding carboxylic acids is 3. The normalized spacial score (nSPS) is 18.5. The molecule has 1 saturated heterocycles. The highest BCUT2D eigenvalue weighted by Gasteiger charge is 2.40. The lowest BCUT2D eigenvalue weighted by atomic mass is 9.90. The standard InChI is InChI=1S/C22H18FN3O3/c23-17-6-3-5-15-13(17)8-9-26-19(15)11-25(12-20(26)27)22(29)21(28)16-10-24-18-7-2-1-4-14(16)18/h1-7,10,19,24H,8-9,11-12H2. The number of para-hydroxylation sites is 1. The highest BCUT2D eigenvalue weighted by molar-refractivity contribution is 6.45. The van der Waals surface area contributed by atoms with Crippen molar-refractivity contribution in [3.63, 3.8) is 0 Å². The minimum atomic E-state index is -0.716. The number of hydrogen-bond donors (Lipinski definition) is 1. The summed E-state index contributed by atoms with van der Waals surface area (Å²) < 4.78 is 14.2. The summed E-state index contributed by atoms with van der Waals surface area (Å²) in [5, 5.41) is 0.667. The third-order valence-electron chi connectivity index (χ3n) is 5.85. The number of halogens is 1. The van der Waals surface area contributed by atoms with E-state index in [2.05, 4.69) is 4.98 Å². The van der Waals surface area contributed by atoms with Crippen LogP contribution in [0.4, 0.5) is 4.39 Å². The van der Waals surface area contributed by atoms with Gasteiger partial charge in [-0.3, -0.25) is 14.4 Å². The first-order valence-electron chi connectivity index (χ1n) is 9.51. The number of Topliss-reactive ketones (excluding diaryl/α,β-unsaturated/α-hetero) is 1. The van der Waals surface area contributed by atoms with E-state index in [1.165, 1.54) is 17.2 Å². The Morgan fingerprint density at radius 3 is 2.79 bits per heavy atom. The first-order valence-corrected chi connectivity index (χ1v) is 9.51. The maximum Gasteiger partial charge on any atom is 0.295 e. The molecular weight excluding hydrogens is 373 g/mol. The Morgan fingerprint density at radius 2 is 1.93 bits per heavy atom. The Labute approximate surface area is 165 Å². The van der Waals surface area contributed by atoms with Crippen molar-refractivity contribution in [2.24, 2.45) is 0 Å². The number of carbonyl (C=O) groups is 3. The zero-order valence-corrected chi connectivity index (χ0v) is 15.5. The molecule has 146 valence electrons. The lowest BCUT2D eigenvalue weighted by molar-refractivity contribution is -0.147. The van der Waals surface area contributed by atoms with Gasteiger partial charge in [-0.1, -0.05) is 30.3 Å². The van der Waals surface area contributed by atoms with Gasteiger partial charge in [0, 0.05) is 30.2 Å². The number of hydrogen-bond acceptors (Lipinski definition) is 3. The summed E-state index contributed by atoms with van der Waals surface area (Å²) in [5.41, 5.74) is 2.34. The summed E-state index contributed by atoms with van der Waals surface area (Å²) in [6, 6.07) is 11.6. The molecule has 0 aliphatic carbocycles. The van der Waals surface area contributed by atoms with E-state index in [0.717, 1.165) is 5.52 Å². The van der Waals surface area contributed by atoms with Gasteiger partial charge < -0.3 is 14.8 Å². The van der Waals surface area contributed by atoms with Crippen LogP contribution in [0.5, 0.6) is 0 Å². The number of benzene rings is 2. The van der Waals surface area contributed by atoms with Gasteiger partial charge in [0.2, 0.25) is 5.91 Å². The molecule has 7 heteroatoms. The molecule has 2 amide bonds. The van der Waals surface area contributed by atoms with Crippen LogP contribution in [0.15, 0.2) is 48.7 Å². The van der Waals surface area contributed by atoms with E-state index >= 15 is 0 Å². The molecule has 2 aliphatic heterocycles. The van der Waals surface area contributed by atoms with Crippen LogP contribution >= 0.6 is 0 Å². The monoisotopic (exact) mass is 391 g/mol. The van der Waals surface area contributed by atoms with Gasteiger partial charge >= 0.3 is 0 Å². The lowest BCUT2D eigenvalue weighted by Gasteiger charge is -2.44. The van der Waals surface area contributed by atoms with E-state index in [1.54, 1.807) is 29.2 Å². The van der Waals surface area contributed by atoms with Crippen molar-refractivity contribution in [3.05, 3.63) is 71.2 Å². The Morgan fingerprint density at radius 1 is 1.10 bits per heavy atom. The summed E-state index contributed by atoms with van der Waals surface area (Å²) in [4.78, 5) is 44.5. The first kappa shape index (κ1) is 17.6. The quantitative estimate of drug-likeness (QED) is 0.539. The Kier molecular flexibility index (Phi) is 3.97. The molecule has 2 aliphatic rings. The molecule has 1 N–H and O–H groups in total. The zero-order valence-electron chi connectivity index (χ0n) is 15.5. The highest BCUT2D eigenvalue weighted by atomic mass is 19.1. The van der Waals surface area contributed by atoms with Gasteiger partial charge in [0.1, 0.15) is 12.4 Å². The second kappa shape index (κ2) is 6.55. The molecule has 1 unspecified atom stereocenters. The van der Waals surface area contributed by atoms with E-state index in [-0.39, 0.29) is 30.4 Å². The molecule has 0 spiro atoms. The van der Waals surface area contributed by atoms with Crippen molar-refractivity contribution in [1.29, 1.82) is 0 Å². The van der Waals surface area contributed by atoms with E-state index in [9.17, 15) is 18.8 Å². The maximum absolute atomic E-state index is 14.2. The molecule has 1 aromatic heterocycles. The summed E-state index contributed by atoms with van der Waals surface area (Å²) in [6.07, 6.45) is 1.97. The fourth-order valence-electron chi connectivity index (χ4n) is 4.40. The number of aromatic nitrogens is 1. The van der Waals surface area contributed by atoms with Crippen molar-refractivity contribution >= 4 is 28.5 Å². The smallest absolute Gasteiger partial charge is 0.295 e. The Bertz CT molecular complexity index is 1170. The zero-order chi connectivity index (χ0) is 20.1. The average molecular weight is 391 g/mol. The van der Waals surface area contributed by atoms with E-state index < -0.39 is 17.7 Å². The van der Waals surface area contributed by atoms with Crippen LogP contribution in [-0.4, -0.2) is 52.0 Å². The van der Waals surface area contributed by atoms with Crippen molar-refractivity contribution in [2.45, 2.75) is 12.5 Å². The molecule has 2 aromatic carbocycles. The van der Waals surface area contributed by atoms with Crippen LogP contribution < -0.4 is 0 Å². The number of aromatic amines is 1. The van der Waals surface area contributed by atoms with Crippen molar-refractivity contribution in [1.82, 2.24) is 14.8 Å². The number of rotatable bonds is 2. The van der Waals surface area contributed by atoms with Crippen LogP contribution in [0.3, 0.4) is 0 Å². The molecule has 1 atom stereocenters. The van der Waals surface area contributed by atoms with Crippen molar-refractivity contribution < 1.29 is 18.8 Å². The third-order valence-corrected chi connectivity index (χ3v) is 5.85. The number of fused-ring (bicyclic) bond motifs is 4. The molecule has 1 fully saturated rings. The largest absolute Gasteiger partial charge is 0.360 e. The van der Waals surface area contributed by atoms with Gasteiger partial charge in [-0.15, -0.1) is 0 Å². The summed E-state index contributed by atoms with van der Waals surface area (Å²) >= 11 is 0. The van der Waals surface area contributed by atoms with Gasteiger partial charge in [-0.25, -0.2) is 4.39 Å². The van der Waals surface area contributed by atoms with Gasteiger partial charge in [0.25, 0.3) is 11.7 Å². The SMILES string of the molecule is O=C(C(=O)N1CC(=O)N2CCc3c(F)cccc3C2C1)c1c[nH]c2ccccc12. The van der Waals surface area contributed by atoms with E-state index in [0.29, 0.717) is 29.5 Å². The predicted molar refractivity (Wildman–Crippen MR) is 104 cm³/mol. The Balaban J connectivity index is 1.46. The predicted octanol–water partition coefficient (Wildman–Crippen LogP) is 2.46. The van der Waals surface area contributed by atoms with Crippen LogP contribution in [-0.2, 0) is 16.0 Å². The number of nitrogens with zero attached hydrogens (tertiary/aromatic N) is 2. The molecule has 3 aromatic rings. The molecule has 6 nitrogen and oxygen atoms in total. The molecule has 0 saturated carbocycles. The maximum atomic E-state index is 14.2. The average Bonchev–Trinajstić information content (AvgIpc) is 3.17. The molecule has 0 bridgehead atoms. The fraction of sp³-hybridized carbons (Fsp3) is 0.227. The second-order valence-corrected chi connectivity index (χ2v) is 7.42.